The molecule has 0 bridgehead atoms. The van der Waals surface area contributed by atoms with Crippen molar-refractivity contribution in [1.82, 2.24) is 19.5 Å². The first-order chi connectivity index (χ1) is 16.6. The highest BCUT2D eigenvalue weighted by atomic mass is 35.5. The van der Waals surface area contributed by atoms with Gasteiger partial charge >= 0.3 is 0 Å². The van der Waals surface area contributed by atoms with Crippen LogP contribution in [-0.2, 0) is 0 Å². The molecule has 1 aliphatic carbocycles. The van der Waals surface area contributed by atoms with Gasteiger partial charge in [-0.3, -0.25) is 0 Å². The molecule has 1 aromatic carbocycles. The molecule has 0 unspecified atom stereocenters. The van der Waals surface area contributed by atoms with Crippen LogP contribution in [0.25, 0.3) is 43.6 Å². The van der Waals surface area contributed by atoms with Crippen LogP contribution in [0.1, 0.15) is 31.7 Å². The van der Waals surface area contributed by atoms with Gasteiger partial charge in [-0.15, -0.1) is 11.3 Å². The highest BCUT2D eigenvalue weighted by Crippen LogP contribution is 2.42. The number of hydrogen-bond acceptors (Lipinski definition) is 6. The summed E-state index contributed by atoms with van der Waals surface area (Å²) in [6.07, 6.45) is 8.10. The number of benzene rings is 1. The molecule has 0 aliphatic heterocycles. The van der Waals surface area contributed by atoms with Crippen LogP contribution in [0.15, 0.2) is 54.3 Å². The number of rotatable bonds is 4. The second-order valence-electron chi connectivity index (χ2n) is 9.02. The van der Waals surface area contributed by atoms with Gasteiger partial charge in [0.05, 0.1) is 21.5 Å². The third kappa shape index (κ3) is 3.64. The van der Waals surface area contributed by atoms with Gasteiger partial charge in [0.25, 0.3) is 0 Å². The van der Waals surface area contributed by atoms with E-state index < -0.39 is 0 Å². The standard InChI is InChI=1S/C26H25ClN6S/c27-20-10-16-5-8-21(23-2-1-9-34-23)32-22(16)11-18(20)19-13-33(17-6-3-15(12-28)4-7-17)26-24(19)25(29)30-14-31-26/h1-2,5,8-11,13-15,17H,3-4,6-7,12,28H2,(H2,29,30,31). The number of fused-ring (bicyclic) bond motifs is 2. The third-order valence-electron chi connectivity index (χ3n) is 7.02. The Morgan fingerprint density at radius 3 is 2.68 bits per heavy atom. The summed E-state index contributed by atoms with van der Waals surface area (Å²) in [5.41, 5.74) is 16.9. The Morgan fingerprint density at radius 1 is 1.06 bits per heavy atom. The second kappa shape index (κ2) is 8.65. The monoisotopic (exact) mass is 488 g/mol. The molecule has 4 heterocycles. The van der Waals surface area contributed by atoms with Crippen LogP contribution in [-0.4, -0.2) is 26.1 Å². The van der Waals surface area contributed by atoms with Crippen molar-refractivity contribution in [2.24, 2.45) is 11.7 Å². The summed E-state index contributed by atoms with van der Waals surface area (Å²) in [7, 11) is 0. The quantitative estimate of drug-likeness (QED) is 0.309. The Balaban J connectivity index is 1.50. The van der Waals surface area contributed by atoms with E-state index in [0.717, 1.165) is 75.9 Å². The lowest BCUT2D eigenvalue weighted by Crippen LogP contribution is -2.23. The maximum atomic E-state index is 6.83. The number of nitrogen functional groups attached to an aromatic ring is 1. The normalized spacial score (nSPS) is 18.6. The molecular formula is C26H25ClN6S. The van der Waals surface area contributed by atoms with Crippen molar-refractivity contribution in [3.63, 3.8) is 0 Å². The Morgan fingerprint density at radius 2 is 1.91 bits per heavy atom. The summed E-state index contributed by atoms with van der Waals surface area (Å²) in [5, 5.41) is 4.57. The summed E-state index contributed by atoms with van der Waals surface area (Å²) >= 11 is 8.51. The van der Waals surface area contributed by atoms with Gasteiger partial charge < -0.3 is 16.0 Å². The molecule has 4 N–H and O–H groups in total. The van der Waals surface area contributed by atoms with E-state index in [1.165, 1.54) is 0 Å². The molecule has 6 rings (SSSR count). The Labute approximate surface area is 206 Å². The van der Waals surface area contributed by atoms with Gasteiger partial charge in [0.1, 0.15) is 17.8 Å². The fourth-order valence-corrected chi connectivity index (χ4v) is 6.13. The zero-order valence-electron chi connectivity index (χ0n) is 18.6. The van der Waals surface area contributed by atoms with Crippen molar-refractivity contribution in [3.8, 4) is 21.7 Å². The Kier molecular flexibility index (Phi) is 5.48. The van der Waals surface area contributed by atoms with Gasteiger partial charge in [0.2, 0.25) is 0 Å². The van der Waals surface area contributed by atoms with Gasteiger partial charge in [-0.2, -0.15) is 0 Å². The molecule has 6 nitrogen and oxygen atoms in total. The number of halogens is 1. The summed E-state index contributed by atoms with van der Waals surface area (Å²) in [4.78, 5) is 15.0. The molecule has 0 amide bonds. The molecule has 0 spiro atoms. The average molecular weight is 489 g/mol. The van der Waals surface area contributed by atoms with Gasteiger partial charge in [-0.05, 0) is 67.8 Å². The lowest BCUT2D eigenvalue weighted by Gasteiger charge is -2.29. The van der Waals surface area contributed by atoms with E-state index in [1.807, 2.05) is 18.2 Å². The fourth-order valence-electron chi connectivity index (χ4n) is 5.16. The maximum Gasteiger partial charge on any atom is 0.146 e. The summed E-state index contributed by atoms with van der Waals surface area (Å²) in [6.45, 7) is 0.757. The van der Waals surface area contributed by atoms with Crippen LogP contribution in [0.5, 0.6) is 0 Å². The van der Waals surface area contributed by atoms with Gasteiger partial charge in [-0.1, -0.05) is 23.7 Å². The van der Waals surface area contributed by atoms with Crippen LogP contribution in [0.3, 0.4) is 0 Å². The predicted molar refractivity (Wildman–Crippen MR) is 141 cm³/mol. The topological polar surface area (TPSA) is 95.6 Å². The Hall–Kier alpha value is -3.00. The highest BCUT2D eigenvalue weighted by Gasteiger charge is 2.26. The minimum absolute atomic E-state index is 0.358. The fraction of sp³-hybridized carbons (Fsp3) is 0.269. The molecule has 1 aliphatic rings. The SMILES string of the molecule is NCC1CCC(n2cc(-c3cc4nc(-c5cccs5)ccc4cc3Cl)c3c(N)ncnc32)CC1. The number of aromatic nitrogens is 4. The van der Waals surface area contributed by atoms with E-state index in [-0.39, 0.29) is 0 Å². The first kappa shape index (κ1) is 21.5. The van der Waals surface area contributed by atoms with E-state index in [4.69, 9.17) is 28.1 Å². The smallest absolute Gasteiger partial charge is 0.146 e. The first-order valence-electron chi connectivity index (χ1n) is 11.6. The summed E-state index contributed by atoms with van der Waals surface area (Å²) in [5.74, 6) is 1.07. The minimum Gasteiger partial charge on any atom is -0.383 e. The van der Waals surface area contributed by atoms with Crippen LogP contribution >= 0.6 is 22.9 Å². The number of hydrogen-bond donors (Lipinski definition) is 2. The molecule has 1 fully saturated rings. The molecule has 0 saturated heterocycles. The summed E-state index contributed by atoms with van der Waals surface area (Å²) in [6, 6.07) is 12.6. The van der Waals surface area contributed by atoms with E-state index in [0.29, 0.717) is 22.8 Å². The van der Waals surface area contributed by atoms with E-state index >= 15 is 0 Å². The van der Waals surface area contributed by atoms with E-state index in [9.17, 15) is 0 Å². The Bertz CT molecular complexity index is 1480. The highest BCUT2D eigenvalue weighted by molar-refractivity contribution is 7.13. The van der Waals surface area contributed by atoms with Gasteiger partial charge in [0.15, 0.2) is 0 Å². The molecule has 5 aromatic rings. The van der Waals surface area contributed by atoms with Gasteiger partial charge in [0, 0.05) is 33.8 Å². The van der Waals surface area contributed by atoms with Crippen molar-refractivity contribution in [3.05, 3.63) is 59.3 Å². The molecule has 8 heteroatoms. The van der Waals surface area contributed by atoms with Crippen LogP contribution in [0.4, 0.5) is 5.82 Å². The lowest BCUT2D eigenvalue weighted by atomic mass is 9.86. The summed E-state index contributed by atoms with van der Waals surface area (Å²) < 4.78 is 2.27. The number of pyridine rings is 1. The minimum atomic E-state index is 0.358. The molecule has 0 atom stereocenters. The van der Waals surface area contributed by atoms with E-state index in [1.54, 1.807) is 17.7 Å². The number of nitrogens with zero attached hydrogens (tertiary/aromatic N) is 4. The largest absolute Gasteiger partial charge is 0.383 e. The van der Waals surface area contributed by atoms with E-state index in [2.05, 4.69) is 44.3 Å². The predicted octanol–water partition coefficient (Wildman–Crippen LogP) is 6.30. The zero-order chi connectivity index (χ0) is 23.2. The van der Waals surface area contributed by atoms with Crippen LogP contribution in [0.2, 0.25) is 5.02 Å². The van der Waals surface area contributed by atoms with Crippen LogP contribution in [0, 0.1) is 5.92 Å². The molecular weight excluding hydrogens is 464 g/mol. The molecule has 1 saturated carbocycles. The first-order valence-corrected chi connectivity index (χ1v) is 12.8. The maximum absolute atomic E-state index is 6.83. The van der Waals surface area contributed by atoms with Gasteiger partial charge in [-0.25, -0.2) is 15.0 Å². The van der Waals surface area contributed by atoms with Crippen molar-refractivity contribution in [2.75, 3.05) is 12.3 Å². The molecule has 0 radical (unpaired) electrons. The average Bonchev–Trinajstić information content (AvgIpc) is 3.53. The number of anilines is 1. The second-order valence-corrected chi connectivity index (χ2v) is 10.4. The number of thiophene rings is 1. The third-order valence-corrected chi connectivity index (χ3v) is 8.23. The van der Waals surface area contributed by atoms with Crippen molar-refractivity contribution < 1.29 is 0 Å². The van der Waals surface area contributed by atoms with Crippen molar-refractivity contribution in [2.45, 2.75) is 31.7 Å². The van der Waals surface area contributed by atoms with Crippen molar-refractivity contribution >= 4 is 50.7 Å². The zero-order valence-corrected chi connectivity index (χ0v) is 20.2. The molecule has 4 aromatic heterocycles. The lowest BCUT2D eigenvalue weighted by molar-refractivity contribution is 0.283. The number of nitrogens with two attached hydrogens (primary N) is 2. The van der Waals surface area contributed by atoms with Crippen LogP contribution < -0.4 is 11.5 Å². The van der Waals surface area contributed by atoms with Crippen molar-refractivity contribution in [1.29, 1.82) is 0 Å². The molecule has 172 valence electrons. The molecule has 34 heavy (non-hydrogen) atoms.